The molecule has 3 rings (SSSR count). The Morgan fingerprint density at radius 3 is 2.33 bits per heavy atom. The van der Waals surface area contributed by atoms with Gasteiger partial charge in [0.25, 0.3) is 0 Å². The fourth-order valence-corrected chi connectivity index (χ4v) is 4.19. The number of aryl methyl sites for hydroxylation is 1. The van der Waals surface area contributed by atoms with Crippen molar-refractivity contribution in [2.24, 2.45) is 0 Å². The van der Waals surface area contributed by atoms with Crippen LogP contribution in [0.1, 0.15) is 32.3 Å². The number of carbonyl (C=O) groups is 1. The molecule has 0 fully saturated rings. The van der Waals surface area contributed by atoms with Crippen LogP contribution in [0.2, 0.25) is 10.0 Å². The third kappa shape index (κ3) is 4.71. The Morgan fingerprint density at radius 2 is 1.70 bits per heavy atom. The van der Waals surface area contributed by atoms with Gasteiger partial charge in [0.2, 0.25) is 5.91 Å². The van der Waals surface area contributed by atoms with E-state index in [1.165, 1.54) is 0 Å². The smallest absolute Gasteiger partial charge is 0.242 e. The lowest BCUT2D eigenvalue weighted by Crippen LogP contribution is -2.35. The molecule has 0 N–H and O–H groups in total. The van der Waals surface area contributed by atoms with Crippen LogP contribution in [-0.4, -0.2) is 28.5 Å². The van der Waals surface area contributed by atoms with Gasteiger partial charge in [-0.2, -0.15) is 0 Å². The molecule has 4 nitrogen and oxygen atoms in total. The van der Waals surface area contributed by atoms with Gasteiger partial charge in [-0.1, -0.05) is 49.2 Å². The second-order valence-corrected chi connectivity index (χ2v) is 8.37. The van der Waals surface area contributed by atoms with E-state index in [2.05, 4.69) is 13.8 Å². The van der Waals surface area contributed by atoms with E-state index in [9.17, 15) is 9.59 Å². The average Bonchev–Trinajstić information content (AvgIpc) is 2.70. The summed E-state index contributed by atoms with van der Waals surface area (Å²) in [5.41, 5.74) is 2.72. The molecule has 0 aliphatic heterocycles. The van der Waals surface area contributed by atoms with Gasteiger partial charge in [0.05, 0.1) is 10.5 Å². The third-order valence-electron chi connectivity index (χ3n) is 5.10. The van der Waals surface area contributed by atoms with Crippen LogP contribution < -0.4 is 5.43 Å². The Kier molecular flexibility index (Phi) is 7.22. The lowest BCUT2D eigenvalue weighted by atomic mass is 10.0. The van der Waals surface area contributed by atoms with Gasteiger partial charge in [-0.3, -0.25) is 9.59 Å². The van der Waals surface area contributed by atoms with Crippen molar-refractivity contribution in [2.45, 2.75) is 40.2 Å². The van der Waals surface area contributed by atoms with Crippen LogP contribution >= 0.6 is 23.2 Å². The molecule has 0 bridgehead atoms. The largest absolute Gasteiger partial charge is 0.341 e. The Labute approximate surface area is 187 Å². The van der Waals surface area contributed by atoms with Crippen molar-refractivity contribution in [3.8, 4) is 11.1 Å². The fraction of sp³-hybridized carbons (Fsp3) is 0.333. The molecule has 3 aromatic rings. The first kappa shape index (κ1) is 22.4. The van der Waals surface area contributed by atoms with Gasteiger partial charge in [-0.05, 0) is 49.6 Å². The van der Waals surface area contributed by atoms with Crippen LogP contribution in [0.15, 0.2) is 47.4 Å². The number of nitrogens with zero attached hydrogens (tertiary/aromatic N) is 2. The van der Waals surface area contributed by atoms with Crippen LogP contribution in [0.5, 0.6) is 0 Å². The number of fused-ring (bicyclic) bond motifs is 1. The van der Waals surface area contributed by atoms with Crippen LogP contribution in [0.25, 0.3) is 22.0 Å². The topological polar surface area (TPSA) is 42.3 Å². The van der Waals surface area contributed by atoms with Crippen molar-refractivity contribution in [1.82, 2.24) is 9.47 Å². The lowest BCUT2D eigenvalue weighted by molar-refractivity contribution is -0.131. The van der Waals surface area contributed by atoms with Crippen LogP contribution in [0, 0.1) is 6.92 Å². The molecule has 0 spiro atoms. The van der Waals surface area contributed by atoms with Crippen LogP contribution in [-0.2, 0) is 11.3 Å². The van der Waals surface area contributed by atoms with E-state index in [0.717, 1.165) is 37.0 Å². The van der Waals surface area contributed by atoms with E-state index in [0.29, 0.717) is 26.6 Å². The van der Waals surface area contributed by atoms with Crippen LogP contribution in [0.3, 0.4) is 0 Å². The summed E-state index contributed by atoms with van der Waals surface area (Å²) < 4.78 is 1.87. The summed E-state index contributed by atoms with van der Waals surface area (Å²) >= 11 is 12.4. The monoisotopic (exact) mass is 444 g/mol. The highest BCUT2D eigenvalue weighted by molar-refractivity contribution is 6.36. The quantitative estimate of drug-likeness (QED) is 0.452. The number of rotatable bonds is 7. The molecule has 0 unspecified atom stereocenters. The third-order valence-corrected chi connectivity index (χ3v) is 5.65. The van der Waals surface area contributed by atoms with E-state index < -0.39 is 0 Å². The Morgan fingerprint density at radius 1 is 1.00 bits per heavy atom. The Balaban J connectivity index is 2.17. The van der Waals surface area contributed by atoms with Gasteiger partial charge in [0.15, 0.2) is 5.43 Å². The zero-order valence-electron chi connectivity index (χ0n) is 17.5. The minimum absolute atomic E-state index is 0.0401. The maximum atomic E-state index is 13.3. The van der Waals surface area contributed by atoms with Crippen molar-refractivity contribution in [2.75, 3.05) is 13.1 Å². The Bertz CT molecular complexity index is 1130. The minimum Gasteiger partial charge on any atom is -0.341 e. The number of carbonyl (C=O) groups excluding carboxylic acids is 1. The SMILES string of the molecule is CCCN(CCC)C(=O)Cn1cc(-c2ccc(Cl)cc2Cl)c(=O)c2ccc(C)cc21. The molecule has 0 aliphatic carbocycles. The van der Waals surface area contributed by atoms with E-state index in [4.69, 9.17) is 23.2 Å². The summed E-state index contributed by atoms with van der Waals surface area (Å²) in [6, 6.07) is 10.7. The molecule has 158 valence electrons. The van der Waals surface area contributed by atoms with Gasteiger partial charge in [0, 0.05) is 40.8 Å². The molecule has 1 heterocycles. The summed E-state index contributed by atoms with van der Waals surface area (Å²) in [5, 5.41) is 1.47. The van der Waals surface area contributed by atoms with Gasteiger partial charge >= 0.3 is 0 Å². The fourth-order valence-electron chi connectivity index (χ4n) is 3.68. The van der Waals surface area contributed by atoms with Gasteiger partial charge in [0.1, 0.15) is 6.54 Å². The maximum absolute atomic E-state index is 13.3. The molecule has 1 aromatic heterocycles. The predicted molar refractivity (Wildman–Crippen MR) is 126 cm³/mol. The standard InChI is InChI=1S/C24H26Cl2N2O2/c1-4-10-27(11-5-2)23(29)15-28-14-20(18-9-7-17(25)13-21(18)26)24(30)19-8-6-16(3)12-22(19)28/h6-9,12-14H,4-5,10-11,15H2,1-3H3. The minimum atomic E-state index is -0.114. The lowest BCUT2D eigenvalue weighted by Gasteiger charge is -2.23. The number of halogens is 2. The van der Waals surface area contributed by atoms with Gasteiger partial charge < -0.3 is 9.47 Å². The van der Waals surface area contributed by atoms with Crippen molar-refractivity contribution < 1.29 is 4.79 Å². The molecule has 1 amide bonds. The summed E-state index contributed by atoms with van der Waals surface area (Å²) in [6.07, 6.45) is 3.55. The zero-order valence-corrected chi connectivity index (χ0v) is 19.1. The maximum Gasteiger partial charge on any atom is 0.242 e. The molecule has 0 saturated carbocycles. The summed E-state index contributed by atoms with van der Waals surface area (Å²) in [5.74, 6) is 0.0401. The van der Waals surface area contributed by atoms with Crippen molar-refractivity contribution in [3.05, 3.63) is 68.4 Å². The summed E-state index contributed by atoms with van der Waals surface area (Å²) in [4.78, 5) is 28.2. The van der Waals surface area contributed by atoms with E-state index in [-0.39, 0.29) is 17.9 Å². The molecule has 0 saturated heterocycles. The second kappa shape index (κ2) is 9.67. The summed E-state index contributed by atoms with van der Waals surface area (Å²) in [6.45, 7) is 7.71. The molecule has 6 heteroatoms. The Hall–Kier alpha value is -2.30. The molecular weight excluding hydrogens is 419 g/mol. The molecule has 0 aliphatic rings. The molecule has 0 radical (unpaired) electrons. The van der Waals surface area contributed by atoms with Crippen molar-refractivity contribution in [3.63, 3.8) is 0 Å². The molecule has 30 heavy (non-hydrogen) atoms. The number of benzene rings is 2. The van der Waals surface area contributed by atoms with Gasteiger partial charge in [-0.25, -0.2) is 0 Å². The highest BCUT2D eigenvalue weighted by Gasteiger charge is 2.17. The average molecular weight is 445 g/mol. The number of amides is 1. The normalized spacial score (nSPS) is 11.1. The van der Waals surface area contributed by atoms with E-state index in [1.54, 1.807) is 24.4 Å². The number of hydrogen-bond donors (Lipinski definition) is 0. The first-order valence-electron chi connectivity index (χ1n) is 10.2. The number of pyridine rings is 1. The molecule has 0 atom stereocenters. The molecular formula is C24H26Cl2N2O2. The number of hydrogen-bond acceptors (Lipinski definition) is 2. The zero-order chi connectivity index (χ0) is 21.8. The molecule has 2 aromatic carbocycles. The van der Waals surface area contributed by atoms with E-state index in [1.807, 2.05) is 34.6 Å². The highest BCUT2D eigenvalue weighted by Crippen LogP contribution is 2.30. The van der Waals surface area contributed by atoms with E-state index >= 15 is 0 Å². The van der Waals surface area contributed by atoms with Crippen LogP contribution in [0.4, 0.5) is 0 Å². The second-order valence-electron chi connectivity index (χ2n) is 7.53. The predicted octanol–water partition coefficient (Wildman–Crippen LogP) is 5.93. The summed E-state index contributed by atoms with van der Waals surface area (Å²) in [7, 11) is 0. The van der Waals surface area contributed by atoms with Gasteiger partial charge in [-0.15, -0.1) is 0 Å². The van der Waals surface area contributed by atoms with Crippen molar-refractivity contribution >= 4 is 40.0 Å². The highest BCUT2D eigenvalue weighted by atomic mass is 35.5. The number of aromatic nitrogens is 1. The first-order valence-corrected chi connectivity index (χ1v) is 11.0. The first-order chi connectivity index (χ1) is 14.3. The van der Waals surface area contributed by atoms with Crippen molar-refractivity contribution in [1.29, 1.82) is 0 Å².